The van der Waals surface area contributed by atoms with Gasteiger partial charge in [0.25, 0.3) is 10.0 Å². The topological polar surface area (TPSA) is 59.3 Å². The Kier molecular flexibility index (Phi) is 4.54. The van der Waals surface area contributed by atoms with Gasteiger partial charge in [-0.1, -0.05) is 42.0 Å². The summed E-state index contributed by atoms with van der Waals surface area (Å²) in [4.78, 5) is 0.194. The van der Waals surface area contributed by atoms with Crippen LogP contribution in [0.3, 0.4) is 0 Å². The molecule has 0 fully saturated rings. The molecule has 0 aliphatic rings. The largest absolute Gasteiger partial charge is 0.387 e. The summed E-state index contributed by atoms with van der Waals surface area (Å²) in [6.45, 7) is 7.50. The SMILES string of the molecule is C=C(C)CC(O)c1c(C)c2ccccc2n1S(=O)(=O)c1ccccc1. The molecule has 1 atom stereocenters. The van der Waals surface area contributed by atoms with Crippen molar-refractivity contribution in [2.75, 3.05) is 0 Å². The van der Waals surface area contributed by atoms with Crippen LogP contribution in [0.5, 0.6) is 0 Å². The summed E-state index contributed by atoms with van der Waals surface area (Å²) in [6, 6.07) is 15.6. The smallest absolute Gasteiger partial charge is 0.268 e. The minimum Gasteiger partial charge on any atom is -0.387 e. The second-order valence-corrected chi connectivity index (χ2v) is 8.07. The lowest BCUT2D eigenvalue weighted by Crippen LogP contribution is -2.18. The van der Waals surface area contributed by atoms with Gasteiger partial charge in [-0.2, -0.15) is 0 Å². The standard InChI is InChI=1S/C20H21NO3S/c1-14(2)13-19(22)20-15(3)17-11-7-8-12-18(17)21(20)25(23,24)16-9-5-4-6-10-16/h4-12,19,22H,1,13H2,2-3H3. The third kappa shape index (κ3) is 3.01. The number of para-hydroxylation sites is 1. The van der Waals surface area contributed by atoms with Gasteiger partial charge in [-0.3, -0.25) is 0 Å². The van der Waals surface area contributed by atoms with E-state index in [-0.39, 0.29) is 4.90 Å². The van der Waals surface area contributed by atoms with E-state index < -0.39 is 16.1 Å². The van der Waals surface area contributed by atoms with Crippen LogP contribution in [0.1, 0.15) is 30.7 Å². The zero-order valence-electron chi connectivity index (χ0n) is 14.3. The molecule has 3 aromatic rings. The number of hydrogen-bond donors (Lipinski definition) is 1. The fourth-order valence-electron chi connectivity index (χ4n) is 3.16. The molecule has 1 heterocycles. The van der Waals surface area contributed by atoms with Crippen molar-refractivity contribution in [2.24, 2.45) is 0 Å². The molecule has 0 saturated carbocycles. The second-order valence-electron chi connectivity index (χ2n) is 6.29. The van der Waals surface area contributed by atoms with Crippen molar-refractivity contribution < 1.29 is 13.5 Å². The Hall–Kier alpha value is -2.37. The molecule has 1 N–H and O–H groups in total. The minimum atomic E-state index is -3.83. The van der Waals surface area contributed by atoms with E-state index in [0.29, 0.717) is 17.6 Å². The number of hydrogen-bond acceptors (Lipinski definition) is 3. The lowest BCUT2D eigenvalue weighted by atomic mass is 10.0. The first-order chi connectivity index (χ1) is 11.8. The van der Waals surface area contributed by atoms with Crippen LogP contribution in [0, 0.1) is 6.92 Å². The Labute approximate surface area is 148 Å². The highest BCUT2D eigenvalue weighted by Gasteiger charge is 2.28. The molecule has 2 aromatic carbocycles. The van der Waals surface area contributed by atoms with E-state index in [1.165, 1.54) is 3.97 Å². The van der Waals surface area contributed by atoms with Gasteiger partial charge in [0.1, 0.15) is 0 Å². The molecule has 5 heteroatoms. The number of aliphatic hydroxyl groups excluding tert-OH is 1. The van der Waals surface area contributed by atoms with E-state index in [2.05, 4.69) is 6.58 Å². The van der Waals surface area contributed by atoms with Crippen molar-refractivity contribution in [3.63, 3.8) is 0 Å². The average Bonchev–Trinajstić information content (AvgIpc) is 2.89. The third-order valence-electron chi connectivity index (χ3n) is 4.27. The molecule has 0 saturated heterocycles. The first-order valence-electron chi connectivity index (χ1n) is 8.07. The normalized spacial score (nSPS) is 13.1. The van der Waals surface area contributed by atoms with Crippen molar-refractivity contribution in [1.29, 1.82) is 0 Å². The summed E-state index contributed by atoms with van der Waals surface area (Å²) in [5.41, 5.74) is 2.53. The van der Waals surface area contributed by atoms with Gasteiger partial charge >= 0.3 is 0 Å². The highest BCUT2D eigenvalue weighted by Crippen LogP contribution is 2.35. The molecule has 1 unspecified atom stereocenters. The maximum atomic E-state index is 13.3. The summed E-state index contributed by atoms with van der Waals surface area (Å²) in [6.07, 6.45) is -0.634. The molecule has 0 bridgehead atoms. The van der Waals surface area contributed by atoms with E-state index in [4.69, 9.17) is 0 Å². The molecule has 0 aliphatic heterocycles. The number of fused-ring (bicyclic) bond motifs is 1. The molecule has 130 valence electrons. The highest BCUT2D eigenvalue weighted by molar-refractivity contribution is 7.90. The molecular weight excluding hydrogens is 334 g/mol. The predicted octanol–water partition coefficient (Wildman–Crippen LogP) is 4.19. The van der Waals surface area contributed by atoms with E-state index in [9.17, 15) is 13.5 Å². The van der Waals surface area contributed by atoms with Crippen molar-refractivity contribution in [3.8, 4) is 0 Å². The molecule has 0 spiro atoms. The van der Waals surface area contributed by atoms with E-state index in [1.807, 2.05) is 26.0 Å². The Morgan fingerprint density at radius 1 is 1.12 bits per heavy atom. The maximum absolute atomic E-state index is 13.3. The summed E-state index contributed by atoms with van der Waals surface area (Å²) in [5, 5.41) is 11.5. The fourth-order valence-corrected chi connectivity index (χ4v) is 4.80. The number of aliphatic hydroxyl groups is 1. The molecular formula is C20H21NO3S. The van der Waals surface area contributed by atoms with Crippen molar-refractivity contribution in [3.05, 3.63) is 78.0 Å². The van der Waals surface area contributed by atoms with Gasteiger partial charge in [0.15, 0.2) is 0 Å². The molecule has 3 rings (SSSR count). The summed E-state index contributed by atoms with van der Waals surface area (Å²) >= 11 is 0. The summed E-state index contributed by atoms with van der Waals surface area (Å²) in [7, 11) is -3.83. The maximum Gasteiger partial charge on any atom is 0.268 e. The molecule has 0 aliphatic carbocycles. The molecule has 1 aromatic heterocycles. The van der Waals surface area contributed by atoms with Crippen molar-refractivity contribution in [2.45, 2.75) is 31.3 Å². The molecule has 25 heavy (non-hydrogen) atoms. The van der Waals surface area contributed by atoms with Crippen LogP contribution in [0.15, 0.2) is 71.6 Å². The zero-order valence-corrected chi connectivity index (χ0v) is 15.1. The molecule has 0 amide bonds. The quantitative estimate of drug-likeness (QED) is 0.698. The highest BCUT2D eigenvalue weighted by atomic mass is 32.2. The van der Waals surface area contributed by atoms with Gasteiger partial charge in [-0.05, 0) is 44.0 Å². The van der Waals surface area contributed by atoms with E-state index in [0.717, 1.165) is 16.5 Å². The number of aromatic nitrogens is 1. The number of benzene rings is 2. The number of aryl methyl sites for hydroxylation is 1. The van der Waals surface area contributed by atoms with Gasteiger partial charge < -0.3 is 5.11 Å². The van der Waals surface area contributed by atoms with Gasteiger partial charge in [0.05, 0.1) is 22.2 Å². The lowest BCUT2D eigenvalue weighted by molar-refractivity contribution is 0.172. The minimum absolute atomic E-state index is 0.194. The molecule has 4 nitrogen and oxygen atoms in total. The Bertz CT molecular complexity index is 1030. The monoisotopic (exact) mass is 355 g/mol. The summed E-state index contributed by atoms with van der Waals surface area (Å²) < 4.78 is 27.9. The van der Waals surface area contributed by atoms with Crippen LogP contribution in [0.4, 0.5) is 0 Å². The van der Waals surface area contributed by atoms with Gasteiger partial charge in [0, 0.05) is 5.39 Å². The molecule has 0 radical (unpaired) electrons. The Balaban J connectivity index is 2.35. The first kappa shape index (κ1) is 17.5. The van der Waals surface area contributed by atoms with Crippen LogP contribution >= 0.6 is 0 Å². The van der Waals surface area contributed by atoms with E-state index in [1.54, 1.807) is 42.5 Å². The van der Waals surface area contributed by atoms with Gasteiger partial charge in [-0.25, -0.2) is 12.4 Å². The van der Waals surface area contributed by atoms with Crippen LogP contribution in [0.2, 0.25) is 0 Å². The van der Waals surface area contributed by atoms with Crippen LogP contribution in [0.25, 0.3) is 10.9 Å². The average molecular weight is 355 g/mol. The predicted molar refractivity (Wildman–Crippen MR) is 100 cm³/mol. The second kappa shape index (κ2) is 6.50. The zero-order chi connectivity index (χ0) is 18.2. The van der Waals surface area contributed by atoms with Crippen LogP contribution in [-0.4, -0.2) is 17.5 Å². The Morgan fingerprint density at radius 3 is 2.36 bits per heavy atom. The van der Waals surface area contributed by atoms with E-state index >= 15 is 0 Å². The number of rotatable bonds is 5. The Morgan fingerprint density at radius 2 is 1.72 bits per heavy atom. The van der Waals surface area contributed by atoms with Gasteiger partial charge in [-0.15, -0.1) is 6.58 Å². The van der Waals surface area contributed by atoms with Crippen molar-refractivity contribution >= 4 is 20.9 Å². The first-order valence-corrected chi connectivity index (χ1v) is 9.51. The fraction of sp³-hybridized carbons (Fsp3) is 0.200. The third-order valence-corrected chi connectivity index (χ3v) is 6.01. The van der Waals surface area contributed by atoms with Crippen molar-refractivity contribution in [1.82, 2.24) is 3.97 Å². The number of nitrogens with zero attached hydrogens (tertiary/aromatic N) is 1. The van der Waals surface area contributed by atoms with Crippen LogP contribution < -0.4 is 0 Å². The van der Waals surface area contributed by atoms with Gasteiger partial charge in [0.2, 0.25) is 0 Å². The lowest BCUT2D eigenvalue weighted by Gasteiger charge is -2.17. The van der Waals surface area contributed by atoms with Crippen LogP contribution in [-0.2, 0) is 10.0 Å². The summed E-state index contributed by atoms with van der Waals surface area (Å²) in [5.74, 6) is 0.